The summed E-state index contributed by atoms with van der Waals surface area (Å²) in [6.45, 7) is 3.72. The molecule has 0 amide bonds. The van der Waals surface area contributed by atoms with Gasteiger partial charge in [0.05, 0.1) is 0 Å². The van der Waals surface area contributed by atoms with Gasteiger partial charge in [0.15, 0.2) is 5.78 Å². The molecule has 0 aromatic heterocycles. The predicted octanol–water partition coefficient (Wildman–Crippen LogP) is 3.90. The molecular weight excluding hydrogens is 247 g/mol. The molecule has 0 fully saturated rings. The minimum Gasteiger partial charge on any atom is -0.489 e. The monoisotopic (exact) mass is 258 g/mol. The molecule has 0 radical (unpaired) electrons. The molecule has 0 heterocycles. The number of benzene rings is 1. The van der Waals surface area contributed by atoms with E-state index in [2.05, 4.69) is 0 Å². The highest BCUT2D eigenvalue weighted by molar-refractivity contribution is 6.55. The predicted molar refractivity (Wildman–Crippen MR) is 66.5 cm³/mol. The standard InChI is InChI=1S/C12H12Cl2O2/c1-8-7-10(16-6-5-12(13)14)3-4-11(8)9(2)15/h3-5,7H,6H2,1-2H3. The molecule has 0 atom stereocenters. The summed E-state index contributed by atoms with van der Waals surface area (Å²) < 4.78 is 5.55. The number of ketones is 1. The summed E-state index contributed by atoms with van der Waals surface area (Å²) in [5.41, 5.74) is 1.60. The summed E-state index contributed by atoms with van der Waals surface area (Å²) >= 11 is 10.9. The number of carbonyl (C=O) groups is 1. The van der Waals surface area contributed by atoms with Crippen LogP contribution in [0, 0.1) is 6.92 Å². The van der Waals surface area contributed by atoms with Crippen LogP contribution < -0.4 is 4.74 Å². The van der Waals surface area contributed by atoms with E-state index in [0.29, 0.717) is 17.9 Å². The molecule has 0 saturated carbocycles. The molecule has 86 valence electrons. The van der Waals surface area contributed by atoms with E-state index in [1.807, 2.05) is 13.0 Å². The average Bonchev–Trinajstić information content (AvgIpc) is 2.16. The van der Waals surface area contributed by atoms with Crippen molar-refractivity contribution in [2.75, 3.05) is 6.61 Å². The van der Waals surface area contributed by atoms with Crippen LogP contribution >= 0.6 is 23.2 Å². The first-order valence-electron chi connectivity index (χ1n) is 4.76. The summed E-state index contributed by atoms with van der Waals surface area (Å²) in [7, 11) is 0. The van der Waals surface area contributed by atoms with Crippen LogP contribution in [-0.2, 0) is 0 Å². The van der Waals surface area contributed by atoms with Gasteiger partial charge in [-0.1, -0.05) is 23.2 Å². The van der Waals surface area contributed by atoms with Gasteiger partial charge >= 0.3 is 0 Å². The number of ether oxygens (including phenoxy) is 1. The Morgan fingerprint density at radius 1 is 1.44 bits per heavy atom. The van der Waals surface area contributed by atoms with E-state index in [9.17, 15) is 4.79 Å². The van der Waals surface area contributed by atoms with Crippen molar-refractivity contribution < 1.29 is 9.53 Å². The molecule has 4 heteroatoms. The van der Waals surface area contributed by atoms with Crippen LogP contribution in [0.5, 0.6) is 5.75 Å². The van der Waals surface area contributed by atoms with Gasteiger partial charge in [-0.25, -0.2) is 0 Å². The SMILES string of the molecule is CC(=O)c1ccc(OCC=C(Cl)Cl)cc1C. The number of halogens is 2. The van der Waals surface area contributed by atoms with Crippen molar-refractivity contribution in [1.29, 1.82) is 0 Å². The summed E-state index contributed by atoms with van der Waals surface area (Å²) in [6.07, 6.45) is 1.55. The average molecular weight is 259 g/mol. The molecule has 1 aromatic carbocycles. The van der Waals surface area contributed by atoms with Gasteiger partial charge in [0.1, 0.15) is 16.8 Å². The van der Waals surface area contributed by atoms with Gasteiger partial charge in [-0.15, -0.1) is 0 Å². The number of hydrogen-bond donors (Lipinski definition) is 0. The maximum absolute atomic E-state index is 11.2. The highest BCUT2D eigenvalue weighted by Crippen LogP contribution is 2.18. The molecule has 0 aliphatic heterocycles. The third kappa shape index (κ3) is 3.87. The van der Waals surface area contributed by atoms with Gasteiger partial charge in [0, 0.05) is 5.56 Å². The Hall–Kier alpha value is -0.990. The highest BCUT2D eigenvalue weighted by atomic mass is 35.5. The third-order valence-corrected chi connectivity index (χ3v) is 2.37. The molecule has 0 aliphatic rings. The largest absolute Gasteiger partial charge is 0.489 e. The molecule has 0 N–H and O–H groups in total. The Kier molecular flexibility index (Phi) is 4.84. The van der Waals surface area contributed by atoms with Crippen LogP contribution in [0.3, 0.4) is 0 Å². The number of aryl methyl sites for hydroxylation is 1. The molecule has 0 saturated heterocycles. The van der Waals surface area contributed by atoms with Crippen LogP contribution in [0.15, 0.2) is 28.8 Å². The first-order chi connectivity index (χ1) is 7.50. The zero-order valence-corrected chi connectivity index (χ0v) is 10.6. The van der Waals surface area contributed by atoms with Crippen LogP contribution in [-0.4, -0.2) is 12.4 Å². The molecule has 0 bridgehead atoms. The fourth-order valence-corrected chi connectivity index (χ4v) is 1.45. The second-order valence-corrected chi connectivity index (χ2v) is 4.35. The van der Waals surface area contributed by atoms with E-state index in [1.54, 1.807) is 25.1 Å². The summed E-state index contributed by atoms with van der Waals surface area (Å²) in [6, 6.07) is 5.31. The van der Waals surface area contributed by atoms with Crippen molar-refractivity contribution in [3.63, 3.8) is 0 Å². The molecule has 16 heavy (non-hydrogen) atoms. The molecule has 0 spiro atoms. The lowest BCUT2D eigenvalue weighted by Crippen LogP contribution is -1.98. The Labute approximate surface area is 105 Å². The van der Waals surface area contributed by atoms with E-state index >= 15 is 0 Å². The maximum atomic E-state index is 11.2. The second kappa shape index (κ2) is 5.92. The van der Waals surface area contributed by atoms with Gasteiger partial charge in [0.2, 0.25) is 0 Å². The van der Waals surface area contributed by atoms with Crippen molar-refractivity contribution in [1.82, 2.24) is 0 Å². The Balaban J connectivity index is 2.74. The van der Waals surface area contributed by atoms with Crippen LogP contribution in [0.4, 0.5) is 0 Å². The molecule has 0 unspecified atom stereocenters. The number of Topliss-reactive ketones (excluding diaryl/α,β-unsaturated/α-hetero) is 1. The van der Waals surface area contributed by atoms with Crippen LogP contribution in [0.2, 0.25) is 0 Å². The molecular formula is C12H12Cl2O2. The Morgan fingerprint density at radius 3 is 2.62 bits per heavy atom. The van der Waals surface area contributed by atoms with Crippen molar-refractivity contribution in [3.05, 3.63) is 39.9 Å². The first-order valence-corrected chi connectivity index (χ1v) is 5.52. The fraction of sp³-hybridized carbons (Fsp3) is 0.250. The number of hydrogen-bond acceptors (Lipinski definition) is 2. The number of carbonyl (C=O) groups excluding carboxylic acids is 1. The highest BCUT2D eigenvalue weighted by Gasteiger charge is 2.04. The van der Waals surface area contributed by atoms with Crippen molar-refractivity contribution >= 4 is 29.0 Å². The molecule has 2 nitrogen and oxygen atoms in total. The van der Waals surface area contributed by atoms with Crippen LogP contribution in [0.1, 0.15) is 22.8 Å². The zero-order chi connectivity index (χ0) is 12.1. The lowest BCUT2D eigenvalue weighted by Gasteiger charge is -2.06. The molecule has 1 aromatic rings. The van der Waals surface area contributed by atoms with Gasteiger partial charge in [-0.3, -0.25) is 4.79 Å². The van der Waals surface area contributed by atoms with E-state index in [4.69, 9.17) is 27.9 Å². The van der Waals surface area contributed by atoms with Crippen molar-refractivity contribution in [2.24, 2.45) is 0 Å². The van der Waals surface area contributed by atoms with Crippen molar-refractivity contribution in [3.8, 4) is 5.75 Å². The zero-order valence-electron chi connectivity index (χ0n) is 9.09. The van der Waals surface area contributed by atoms with E-state index in [1.165, 1.54) is 0 Å². The lowest BCUT2D eigenvalue weighted by molar-refractivity contribution is 0.101. The van der Waals surface area contributed by atoms with Gasteiger partial charge in [-0.2, -0.15) is 0 Å². The van der Waals surface area contributed by atoms with Gasteiger partial charge in [-0.05, 0) is 43.7 Å². The first kappa shape index (κ1) is 13.1. The lowest BCUT2D eigenvalue weighted by atomic mass is 10.1. The van der Waals surface area contributed by atoms with E-state index in [-0.39, 0.29) is 10.3 Å². The smallest absolute Gasteiger partial charge is 0.160 e. The quantitative estimate of drug-likeness (QED) is 0.766. The minimum absolute atomic E-state index is 0.0488. The molecule has 0 aliphatic carbocycles. The van der Waals surface area contributed by atoms with E-state index < -0.39 is 0 Å². The van der Waals surface area contributed by atoms with Crippen LogP contribution in [0.25, 0.3) is 0 Å². The van der Waals surface area contributed by atoms with Gasteiger partial charge < -0.3 is 4.74 Å². The third-order valence-electron chi connectivity index (χ3n) is 2.06. The van der Waals surface area contributed by atoms with Crippen molar-refractivity contribution in [2.45, 2.75) is 13.8 Å². The normalized spacial score (nSPS) is 9.75. The Morgan fingerprint density at radius 2 is 2.12 bits per heavy atom. The van der Waals surface area contributed by atoms with Gasteiger partial charge in [0.25, 0.3) is 0 Å². The topological polar surface area (TPSA) is 26.3 Å². The summed E-state index contributed by atoms with van der Waals surface area (Å²) in [5.74, 6) is 0.737. The molecule has 1 rings (SSSR count). The Bertz CT molecular complexity index is 421. The maximum Gasteiger partial charge on any atom is 0.160 e. The number of rotatable bonds is 4. The summed E-state index contributed by atoms with van der Waals surface area (Å²) in [4.78, 5) is 11.2. The minimum atomic E-state index is 0.0488. The second-order valence-electron chi connectivity index (χ2n) is 3.34. The van der Waals surface area contributed by atoms with E-state index in [0.717, 1.165) is 5.56 Å². The summed E-state index contributed by atoms with van der Waals surface area (Å²) in [5, 5.41) is 0. The fourth-order valence-electron chi connectivity index (χ4n) is 1.32.